The molecule has 1 aliphatic heterocycles. The van der Waals surface area contributed by atoms with Crippen molar-refractivity contribution >= 4 is 44.6 Å². The quantitative estimate of drug-likeness (QED) is 0.135. The van der Waals surface area contributed by atoms with Gasteiger partial charge in [0.25, 0.3) is 0 Å². The van der Waals surface area contributed by atoms with E-state index in [9.17, 15) is 4.11 Å². The van der Waals surface area contributed by atoms with Crippen molar-refractivity contribution in [3.8, 4) is 39.6 Å². The van der Waals surface area contributed by atoms with Crippen LogP contribution in [0.5, 0.6) is 11.5 Å². The number of fused-ring (bicyclic) bond motifs is 4. The van der Waals surface area contributed by atoms with Crippen molar-refractivity contribution in [2.45, 2.75) is 71.6 Å². The molecule has 0 unspecified atom stereocenters. The summed E-state index contributed by atoms with van der Waals surface area (Å²) in [5, 5.41) is 0.889. The molecule has 11 rings (SSSR count). The molecule has 356 valence electrons. The van der Waals surface area contributed by atoms with Gasteiger partial charge in [0.15, 0.2) is 0 Å². The molecule has 0 atom stereocenters. The Morgan fingerprint density at radius 1 is 0.535 bits per heavy atom. The molecule has 0 amide bonds. The predicted molar refractivity (Wildman–Crippen MR) is 291 cm³/mol. The van der Waals surface area contributed by atoms with Crippen molar-refractivity contribution in [2.24, 2.45) is 0 Å². The van der Waals surface area contributed by atoms with Crippen LogP contribution in [0.2, 0.25) is 0 Å². The van der Waals surface area contributed by atoms with Gasteiger partial charge >= 0.3 is 0 Å². The van der Waals surface area contributed by atoms with Crippen LogP contribution in [0.1, 0.15) is 90.0 Å². The van der Waals surface area contributed by atoms with E-state index in [1.54, 1.807) is 29.0 Å². The molecular weight excluding hydrogens is 1050 g/mol. The van der Waals surface area contributed by atoms with Gasteiger partial charge in [-0.05, 0) is 79.9 Å². The Morgan fingerprint density at radius 2 is 1.17 bits per heavy atom. The second-order valence-corrected chi connectivity index (χ2v) is 20.4. The molecule has 8 aromatic carbocycles. The van der Waals surface area contributed by atoms with Gasteiger partial charge in [0, 0.05) is 77.9 Å². The molecule has 0 saturated heterocycles. The maximum absolute atomic E-state index is 9.24. The van der Waals surface area contributed by atoms with E-state index in [1.807, 2.05) is 101 Å². The first kappa shape index (κ1) is 37.6. The van der Waals surface area contributed by atoms with Crippen molar-refractivity contribution < 1.29 is 38.1 Å². The van der Waals surface area contributed by atoms with Gasteiger partial charge in [-0.1, -0.05) is 188 Å². The molecule has 0 fully saturated rings. The van der Waals surface area contributed by atoms with Gasteiger partial charge in [-0.15, -0.1) is 48.1 Å². The number of aromatic nitrogens is 2. The first-order valence-corrected chi connectivity index (χ1v) is 23.5. The van der Waals surface area contributed by atoms with Gasteiger partial charge in [0.1, 0.15) is 5.82 Å². The first-order valence-electron chi connectivity index (χ1n) is 28.0. The Bertz CT molecular complexity index is 4050. The van der Waals surface area contributed by atoms with Crippen molar-refractivity contribution in [3.63, 3.8) is 0 Å². The van der Waals surface area contributed by atoms with Gasteiger partial charge in [-0.25, -0.2) is 4.98 Å². The van der Waals surface area contributed by atoms with E-state index in [-0.39, 0.29) is 79.2 Å². The number of para-hydroxylation sites is 4. The Morgan fingerprint density at radius 3 is 1.89 bits per heavy atom. The van der Waals surface area contributed by atoms with Crippen LogP contribution >= 0.6 is 0 Å². The monoisotopic (exact) mass is 1110 g/mol. The minimum atomic E-state index is -0.467. The molecule has 5 nitrogen and oxygen atoms in total. The normalized spacial score (nSPS) is 14.6. The molecule has 2 aromatic heterocycles. The number of benzene rings is 8. The maximum atomic E-state index is 9.24. The summed E-state index contributed by atoms with van der Waals surface area (Å²) in [5.74, 6) is 1.11. The SMILES string of the molecule is [2H]c1c([2H])c([2H])c(-c2cccc(-c3cc(C(C)(C)C)cc(C(C)(C)C)c3)c2N2[CH-]N(c3[c-]c(Oc4[c-]c5c(cc4)c4c([2H])c([2H])c([2H])c([2H])c4n5-c4cc(C(C)(C)c5ccccc5)ccn4)ccc3)c3ccccc32)c([2H])c1[2H].[Pt]. The number of rotatable bonds is 9. The molecule has 3 heterocycles. The fourth-order valence-corrected chi connectivity index (χ4v) is 9.37. The van der Waals surface area contributed by atoms with Crippen molar-refractivity contribution in [1.82, 2.24) is 9.55 Å². The number of anilines is 4. The summed E-state index contributed by atoms with van der Waals surface area (Å²) in [5.41, 5.74) is 9.22. The second kappa shape index (κ2) is 18.5. The minimum Gasteiger partial charge on any atom is -0.509 e. The van der Waals surface area contributed by atoms with Crippen molar-refractivity contribution in [1.29, 1.82) is 0 Å². The van der Waals surface area contributed by atoms with Crippen LogP contribution in [-0.2, 0) is 37.3 Å². The fourth-order valence-electron chi connectivity index (χ4n) is 9.37. The van der Waals surface area contributed by atoms with E-state index in [0.29, 0.717) is 50.5 Å². The third-order valence-corrected chi connectivity index (χ3v) is 13.4. The summed E-state index contributed by atoms with van der Waals surface area (Å²) in [6, 6.07) is 47.3. The molecule has 0 spiro atoms. The van der Waals surface area contributed by atoms with E-state index >= 15 is 0 Å². The van der Waals surface area contributed by atoms with E-state index in [4.69, 9.17) is 17.9 Å². The second-order valence-electron chi connectivity index (χ2n) is 20.4. The standard InChI is InChI=1S/C65H57N4O.Pt/c1-63(2,3)48-37-45(38-49(39-48)64(4,5)6)54-29-20-28-53(44-21-11-9-12-22-44)62(54)68-43-67(58-31-17-18-32-59(58)68)50-25-19-26-51(41-50)70-52-33-34-56-55-27-15-16-30-57(55)69(60(56)42-52)61-40-47(35-36-66-61)65(7,8)46-23-13-10-14-24-46;/h9-40,43H,1-8H3;/q-3;/i9D,11D,12D,15D,16D,21D,22D,27D,30D;. The Hall–Kier alpha value is -7.20. The topological polar surface area (TPSA) is 33.5 Å². The molecule has 0 bridgehead atoms. The molecule has 6 heteroatoms. The zero-order chi connectivity index (χ0) is 56.2. The molecular formula is C65H57N4OPt-3. The summed E-state index contributed by atoms with van der Waals surface area (Å²) in [6.07, 6.45) is 1.72. The van der Waals surface area contributed by atoms with Gasteiger partial charge in [-0.2, -0.15) is 12.1 Å². The fraction of sp³-hybridized carbons (Fsp3) is 0.169. The summed E-state index contributed by atoms with van der Waals surface area (Å²) in [6.45, 7) is 19.3. The number of hydrogen-bond acceptors (Lipinski definition) is 4. The molecule has 71 heavy (non-hydrogen) atoms. The molecule has 0 N–H and O–H groups in total. The first-order chi connectivity index (χ1) is 37.4. The smallest absolute Gasteiger partial charge is 0.135 e. The summed E-state index contributed by atoms with van der Waals surface area (Å²) < 4.78 is 88.5. The molecule has 0 radical (unpaired) electrons. The van der Waals surface area contributed by atoms with Crippen LogP contribution in [0.4, 0.5) is 22.7 Å². The van der Waals surface area contributed by atoms with E-state index < -0.39 is 23.5 Å². The average Bonchev–Trinajstić information content (AvgIpc) is 4.13. The van der Waals surface area contributed by atoms with Crippen LogP contribution in [-0.4, -0.2) is 9.55 Å². The van der Waals surface area contributed by atoms with Crippen LogP contribution in [0, 0.1) is 18.8 Å². The molecule has 1 aliphatic rings. The minimum absolute atomic E-state index is 0. The van der Waals surface area contributed by atoms with Crippen LogP contribution < -0.4 is 14.5 Å². The molecule has 0 saturated carbocycles. The zero-order valence-corrected chi connectivity index (χ0v) is 43.1. The third kappa shape index (κ3) is 8.87. The predicted octanol–water partition coefficient (Wildman–Crippen LogP) is 17.2. The zero-order valence-electron chi connectivity index (χ0n) is 49.9. The Labute approximate surface area is 446 Å². The molecule has 10 aromatic rings. The number of nitrogens with zero attached hydrogens (tertiary/aromatic N) is 4. The van der Waals surface area contributed by atoms with Crippen LogP contribution in [0.25, 0.3) is 49.9 Å². The number of ether oxygens (including phenoxy) is 1. The Balaban J connectivity index is 0.00000720. The number of hydrogen-bond donors (Lipinski definition) is 0. The van der Waals surface area contributed by atoms with Crippen molar-refractivity contribution in [2.75, 3.05) is 9.80 Å². The van der Waals surface area contributed by atoms with E-state index in [2.05, 4.69) is 97.9 Å². The van der Waals surface area contributed by atoms with E-state index in [1.165, 1.54) is 0 Å². The largest absolute Gasteiger partial charge is 0.509 e. The average molecular weight is 1110 g/mol. The summed E-state index contributed by atoms with van der Waals surface area (Å²) in [4.78, 5) is 8.82. The van der Waals surface area contributed by atoms with Gasteiger partial charge in [0.05, 0.1) is 12.3 Å². The maximum Gasteiger partial charge on any atom is 0.135 e. The number of pyridine rings is 1. The van der Waals surface area contributed by atoms with Gasteiger partial charge in [0.2, 0.25) is 0 Å². The van der Waals surface area contributed by atoms with Gasteiger partial charge in [-0.3, -0.25) is 0 Å². The van der Waals surface area contributed by atoms with Gasteiger partial charge < -0.3 is 19.1 Å². The van der Waals surface area contributed by atoms with E-state index in [0.717, 1.165) is 44.8 Å². The Kier molecular flexibility index (Phi) is 9.81. The third-order valence-electron chi connectivity index (χ3n) is 13.4. The van der Waals surface area contributed by atoms with Crippen molar-refractivity contribution in [3.05, 3.63) is 235 Å². The molecule has 0 aliphatic carbocycles. The summed E-state index contributed by atoms with van der Waals surface area (Å²) in [7, 11) is 0. The van der Waals surface area contributed by atoms with Crippen LogP contribution in [0.3, 0.4) is 0 Å². The van der Waals surface area contributed by atoms with Crippen LogP contribution in [0.15, 0.2) is 194 Å². The summed E-state index contributed by atoms with van der Waals surface area (Å²) >= 11 is 0.